The first-order valence-electron chi connectivity index (χ1n) is 6.01. The van der Waals surface area contributed by atoms with Crippen LogP contribution in [0.15, 0.2) is 4.90 Å². The third-order valence-electron chi connectivity index (χ3n) is 2.59. The fraction of sp³-hybridized carbons (Fsp3) is 0.636. The lowest BCUT2D eigenvalue weighted by Crippen LogP contribution is -2.26. The minimum absolute atomic E-state index is 0.183. The zero-order chi connectivity index (χ0) is 14.6. The van der Waals surface area contributed by atoms with Gasteiger partial charge in [-0.2, -0.15) is 5.10 Å². The number of amides is 1. The molecule has 0 radical (unpaired) electrons. The highest BCUT2D eigenvalue weighted by atomic mass is 35.7. The third kappa shape index (κ3) is 4.50. The number of rotatable bonds is 6. The second-order valence-electron chi connectivity index (χ2n) is 4.76. The van der Waals surface area contributed by atoms with Crippen molar-refractivity contribution in [2.24, 2.45) is 5.92 Å². The van der Waals surface area contributed by atoms with Crippen molar-refractivity contribution in [3.8, 4) is 0 Å². The Morgan fingerprint density at radius 2 is 2.11 bits per heavy atom. The molecule has 0 saturated carbocycles. The van der Waals surface area contributed by atoms with Crippen molar-refractivity contribution in [1.82, 2.24) is 15.5 Å². The summed E-state index contributed by atoms with van der Waals surface area (Å²) >= 11 is 0. The summed E-state index contributed by atoms with van der Waals surface area (Å²) in [5, 5.41) is 8.79. The number of carbonyl (C=O) groups is 1. The number of hydrogen-bond donors (Lipinski definition) is 2. The van der Waals surface area contributed by atoms with Crippen LogP contribution >= 0.6 is 10.7 Å². The number of halogens is 1. The Hall–Kier alpha value is -1.08. The van der Waals surface area contributed by atoms with Gasteiger partial charge in [-0.05, 0) is 25.7 Å². The van der Waals surface area contributed by atoms with Crippen LogP contribution in [0.4, 0.5) is 0 Å². The van der Waals surface area contributed by atoms with Crippen molar-refractivity contribution in [2.75, 3.05) is 6.54 Å². The Labute approximate surface area is 117 Å². The van der Waals surface area contributed by atoms with Crippen molar-refractivity contribution in [1.29, 1.82) is 0 Å². The minimum Gasteiger partial charge on any atom is -0.351 e. The molecule has 1 rings (SSSR count). The Kier molecular flexibility index (Phi) is 5.37. The molecule has 0 bridgehead atoms. The number of nitrogens with one attached hydrogen (secondary N) is 2. The molecule has 1 aromatic rings. The standard InChI is InChI=1S/C11H18ClN3O3S/c1-7(2)5-4-6-13-11(16)9-10(19(12,17)18)8(3)14-15-9/h7H,4-6H2,1-3H3,(H,13,16)(H,14,15). The average Bonchev–Trinajstić information content (AvgIpc) is 2.65. The number of H-pyrrole nitrogens is 1. The van der Waals surface area contributed by atoms with E-state index < -0.39 is 15.0 Å². The molecule has 108 valence electrons. The van der Waals surface area contributed by atoms with Crippen LogP contribution in [0.1, 0.15) is 42.9 Å². The van der Waals surface area contributed by atoms with E-state index >= 15 is 0 Å². The summed E-state index contributed by atoms with van der Waals surface area (Å²) in [5.41, 5.74) is 0.0689. The first kappa shape index (κ1) is 16.0. The van der Waals surface area contributed by atoms with Gasteiger partial charge in [-0.15, -0.1) is 0 Å². The van der Waals surface area contributed by atoms with E-state index in [0.717, 1.165) is 12.8 Å². The van der Waals surface area contributed by atoms with E-state index in [4.69, 9.17) is 10.7 Å². The van der Waals surface area contributed by atoms with Crippen LogP contribution < -0.4 is 5.32 Å². The lowest BCUT2D eigenvalue weighted by atomic mass is 10.1. The molecule has 0 aliphatic heterocycles. The molecule has 0 spiro atoms. The molecule has 0 aromatic carbocycles. The van der Waals surface area contributed by atoms with Gasteiger partial charge in [0.1, 0.15) is 4.90 Å². The largest absolute Gasteiger partial charge is 0.351 e. The van der Waals surface area contributed by atoms with Gasteiger partial charge in [0.2, 0.25) is 0 Å². The maximum atomic E-state index is 11.9. The van der Waals surface area contributed by atoms with E-state index in [0.29, 0.717) is 12.5 Å². The first-order chi connectivity index (χ1) is 8.73. The zero-order valence-corrected chi connectivity index (χ0v) is 12.7. The van der Waals surface area contributed by atoms with E-state index in [2.05, 4.69) is 29.4 Å². The Morgan fingerprint density at radius 3 is 2.63 bits per heavy atom. The number of carbonyl (C=O) groups excluding carboxylic acids is 1. The number of nitrogens with zero attached hydrogens (tertiary/aromatic N) is 1. The molecule has 0 aliphatic rings. The molecule has 2 N–H and O–H groups in total. The van der Waals surface area contributed by atoms with Gasteiger partial charge in [0.15, 0.2) is 5.69 Å². The smallest absolute Gasteiger partial charge is 0.273 e. The van der Waals surface area contributed by atoms with E-state index in [9.17, 15) is 13.2 Å². The third-order valence-corrected chi connectivity index (χ3v) is 4.04. The summed E-state index contributed by atoms with van der Waals surface area (Å²) in [6.45, 7) is 6.16. The summed E-state index contributed by atoms with van der Waals surface area (Å²) < 4.78 is 22.8. The SMILES string of the molecule is Cc1[nH]nc(C(=O)NCCCC(C)C)c1S(=O)(=O)Cl. The normalized spacial score (nSPS) is 11.8. The van der Waals surface area contributed by atoms with Crippen LogP contribution in [0.5, 0.6) is 0 Å². The lowest BCUT2D eigenvalue weighted by Gasteiger charge is -2.06. The molecule has 0 unspecified atom stereocenters. The van der Waals surface area contributed by atoms with Crippen molar-refractivity contribution in [2.45, 2.75) is 38.5 Å². The minimum atomic E-state index is -3.99. The van der Waals surface area contributed by atoms with Gasteiger partial charge < -0.3 is 5.32 Å². The predicted octanol–water partition coefficient (Wildman–Crippen LogP) is 1.81. The van der Waals surface area contributed by atoms with Gasteiger partial charge in [-0.1, -0.05) is 13.8 Å². The molecule has 6 nitrogen and oxygen atoms in total. The molecule has 1 aromatic heterocycles. The highest BCUT2D eigenvalue weighted by molar-refractivity contribution is 8.13. The van der Waals surface area contributed by atoms with Gasteiger partial charge >= 0.3 is 0 Å². The highest BCUT2D eigenvalue weighted by Gasteiger charge is 2.26. The maximum absolute atomic E-state index is 11.9. The number of aromatic nitrogens is 2. The number of aromatic amines is 1. The Balaban J connectivity index is 2.74. The molecular weight excluding hydrogens is 290 g/mol. The fourth-order valence-corrected chi connectivity index (χ4v) is 3.01. The quantitative estimate of drug-likeness (QED) is 0.619. The fourth-order valence-electron chi connectivity index (χ4n) is 1.67. The van der Waals surface area contributed by atoms with Crippen LogP contribution in [-0.2, 0) is 9.05 Å². The Morgan fingerprint density at radius 1 is 1.47 bits per heavy atom. The van der Waals surface area contributed by atoms with Crippen LogP contribution in [0, 0.1) is 12.8 Å². The highest BCUT2D eigenvalue weighted by Crippen LogP contribution is 2.21. The van der Waals surface area contributed by atoms with Crippen LogP contribution in [0.3, 0.4) is 0 Å². The lowest BCUT2D eigenvalue weighted by molar-refractivity contribution is 0.0944. The topological polar surface area (TPSA) is 91.9 Å². The summed E-state index contributed by atoms with van der Waals surface area (Å²) in [4.78, 5) is 11.6. The monoisotopic (exact) mass is 307 g/mol. The average molecular weight is 308 g/mol. The second kappa shape index (κ2) is 6.38. The molecule has 0 fully saturated rings. The predicted molar refractivity (Wildman–Crippen MR) is 72.8 cm³/mol. The summed E-state index contributed by atoms with van der Waals surface area (Å²) in [6, 6.07) is 0. The summed E-state index contributed by atoms with van der Waals surface area (Å²) in [6.07, 6.45) is 1.82. The maximum Gasteiger partial charge on any atom is 0.273 e. The van der Waals surface area contributed by atoms with Crippen molar-refractivity contribution >= 4 is 25.6 Å². The number of hydrogen-bond acceptors (Lipinski definition) is 4. The summed E-state index contributed by atoms with van der Waals surface area (Å²) in [5.74, 6) is 0.0237. The van der Waals surface area contributed by atoms with E-state index in [1.807, 2.05) is 0 Å². The van der Waals surface area contributed by atoms with Crippen molar-refractivity contribution in [3.63, 3.8) is 0 Å². The van der Waals surface area contributed by atoms with Crippen molar-refractivity contribution in [3.05, 3.63) is 11.4 Å². The summed E-state index contributed by atoms with van der Waals surface area (Å²) in [7, 11) is 1.30. The zero-order valence-electron chi connectivity index (χ0n) is 11.2. The van der Waals surface area contributed by atoms with Crippen LogP contribution in [-0.4, -0.2) is 31.1 Å². The molecule has 0 aliphatic carbocycles. The first-order valence-corrected chi connectivity index (χ1v) is 8.32. The van der Waals surface area contributed by atoms with E-state index in [-0.39, 0.29) is 16.3 Å². The molecule has 19 heavy (non-hydrogen) atoms. The molecular formula is C11H18ClN3O3S. The van der Waals surface area contributed by atoms with Gasteiger partial charge in [0.25, 0.3) is 15.0 Å². The van der Waals surface area contributed by atoms with Crippen LogP contribution in [0.25, 0.3) is 0 Å². The molecule has 8 heteroatoms. The van der Waals surface area contributed by atoms with Gasteiger partial charge in [0, 0.05) is 17.2 Å². The molecule has 0 saturated heterocycles. The van der Waals surface area contributed by atoms with E-state index in [1.54, 1.807) is 0 Å². The van der Waals surface area contributed by atoms with Gasteiger partial charge in [-0.3, -0.25) is 9.89 Å². The molecule has 0 atom stereocenters. The van der Waals surface area contributed by atoms with Gasteiger partial charge in [-0.25, -0.2) is 8.42 Å². The van der Waals surface area contributed by atoms with Gasteiger partial charge in [0.05, 0.1) is 5.69 Å². The molecule has 1 heterocycles. The van der Waals surface area contributed by atoms with Crippen molar-refractivity contribution < 1.29 is 13.2 Å². The number of aryl methyl sites for hydroxylation is 1. The molecule has 1 amide bonds. The Bertz CT molecular complexity index is 552. The van der Waals surface area contributed by atoms with E-state index in [1.165, 1.54) is 6.92 Å². The van der Waals surface area contributed by atoms with Crippen LogP contribution in [0.2, 0.25) is 0 Å². The second-order valence-corrected chi connectivity index (χ2v) is 7.26.